The van der Waals surface area contributed by atoms with Crippen molar-refractivity contribution in [1.82, 2.24) is 15.3 Å². The van der Waals surface area contributed by atoms with Crippen LogP contribution in [0.5, 0.6) is 0 Å². The van der Waals surface area contributed by atoms with Gasteiger partial charge in [0.25, 0.3) is 0 Å². The Labute approximate surface area is 121 Å². The molecule has 3 atom stereocenters. The molecule has 0 aromatic carbocycles. The first-order valence-electron chi connectivity index (χ1n) is 6.38. The van der Waals surface area contributed by atoms with Crippen molar-refractivity contribution < 1.29 is 4.79 Å². The fourth-order valence-corrected chi connectivity index (χ4v) is 3.54. The Bertz CT molecular complexity index is 490. The topological polar surface area (TPSA) is 66.9 Å². The fourth-order valence-electron chi connectivity index (χ4n) is 3.13. The van der Waals surface area contributed by atoms with Crippen molar-refractivity contribution in [3.05, 3.63) is 16.5 Å². The predicted octanol–water partition coefficient (Wildman–Crippen LogP) is 2.11. The van der Waals surface area contributed by atoms with Gasteiger partial charge in [0.15, 0.2) is 0 Å². The Hall–Kier alpha value is -0.910. The van der Waals surface area contributed by atoms with Crippen LogP contribution in [0.4, 0.5) is 5.82 Å². The summed E-state index contributed by atoms with van der Waals surface area (Å²) in [5, 5.41) is 6.29. The van der Waals surface area contributed by atoms with Crippen LogP contribution < -0.4 is 10.6 Å². The van der Waals surface area contributed by atoms with Gasteiger partial charge >= 0.3 is 0 Å². The molecule has 0 radical (unpaired) electrons. The van der Waals surface area contributed by atoms with Crippen LogP contribution in [0.25, 0.3) is 0 Å². The van der Waals surface area contributed by atoms with E-state index in [1.807, 2.05) is 0 Å². The summed E-state index contributed by atoms with van der Waals surface area (Å²) in [6, 6.07) is 1.35. The first kappa shape index (κ1) is 13.1. The number of nitrogens with zero attached hydrogens (tertiary/aromatic N) is 2. The summed E-state index contributed by atoms with van der Waals surface area (Å²) >= 11 is 11.5. The number of hydrogen-bond donors (Lipinski definition) is 2. The molecule has 1 amide bonds. The molecule has 102 valence electrons. The molecular weight excluding hydrogens is 287 g/mol. The molecule has 1 aromatic heterocycles. The Morgan fingerprint density at radius 3 is 3.00 bits per heavy atom. The first-order chi connectivity index (χ1) is 9.13. The lowest BCUT2D eigenvalue weighted by Gasteiger charge is -2.17. The van der Waals surface area contributed by atoms with Crippen molar-refractivity contribution >= 4 is 34.9 Å². The molecule has 1 aliphatic carbocycles. The van der Waals surface area contributed by atoms with Gasteiger partial charge in [0, 0.05) is 6.07 Å². The van der Waals surface area contributed by atoms with Crippen molar-refractivity contribution in [1.29, 1.82) is 0 Å². The van der Waals surface area contributed by atoms with Crippen LogP contribution >= 0.6 is 23.2 Å². The maximum atomic E-state index is 12.3. The minimum atomic E-state index is -0.139. The minimum Gasteiger partial charge on any atom is -0.309 e. The zero-order valence-corrected chi connectivity index (χ0v) is 11.7. The average molecular weight is 301 g/mol. The summed E-state index contributed by atoms with van der Waals surface area (Å²) in [6.07, 6.45) is 3.54. The molecule has 1 saturated carbocycles. The van der Waals surface area contributed by atoms with E-state index in [1.165, 1.54) is 18.9 Å². The number of amides is 1. The number of hydrogen-bond acceptors (Lipinski definition) is 4. The number of aromatic nitrogens is 2. The zero-order valence-electron chi connectivity index (χ0n) is 10.2. The smallest absolute Gasteiger partial charge is 0.242 e. The molecule has 2 fully saturated rings. The van der Waals surface area contributed by atoms with E-state index in [1.54, 1.807) is 0 Å². The second-order valence-corrected chi connectivity index (χ2v) is 5.80. The van der Waals surface area contributed by atoms with Crippen LogP contribution in [0.2, 0.25) is 10.4 Å². The second-order valence-electron chi connectivity index (χ2n) is 5.07. The van der Waals surface area contributed by atoms with Crippen LogP contribution in [0, 0.1) is 11.8 Å². The number of nitrogens with one attached hydrogen (secondary N) is 2. The van der Waals surface area contributed by atoms with Crippen LogP contribution in [-0.4, -0.2) is 28.5 Å². The van der Waals surface area contributed by atoms with E-state index >= 15 is 0 Å². The van der Waals surface area contributed by atoms with Gasteiger partial charge in [0.1, 0.15) is 11.0 Å². The minimum absolute atomic E-state index is 0.0286. The predicted molar refractivity (Wildman–Crippen MR) is 73.3 cm³/mol. The largest absolute Gasteiger partial charge is 0.309 e. The van der Waals surface area contributed by atoms with Crippen molar-refractivity contribution in [3.8, 4) is 0 Å². The summed E-state index contributed by atoms with van der Waals surface area (Å²) in [5.74, 6) is 1.35. The van der Waals surface area contributed by atoms with Crippen molar-refractivity contribution in [3.63, 3.8) is 0 Å². The van der Waals surface area contributed by atoms with Gasteiger partial charge in [-0.3, -0.25) is 4.79 Å². The zero-order chi connectivity index (χ0) is 13.4. The number of fused-ring (bicyclic) bond motifs is 1. The van der Waals surface area contributed by atoms with Gasteiger partial charge in [-0.1, -0.05) is 18.0 Å². The van der Waals surface area contributed by atoms with Crippen LogP contribution in [0.1, 0.15) is 19.3 Å². The van der Waals surface area contributed by atoms with E-state index in [0.29, 0.717) is 17.7 Å². The molecule has 7 heteroatoms. The third kappa shape index (κ3) is 2.68. The van der Waals surface area contributed by atoms with Gasteiger partial charge in [-0.15, -0.1) is 0 Å². The molecule has 0 spiro atoms. The quantitative estimate of drug-likeness (QED) is 0.648. The Morgan fingerprint density at radius 2 is 2.21 bits per heavy atom. The number of carbonyl (C=O) groups is 1. The standard InChI is InChI=1S/C12H14Cl2N4O/c13-8-4-9(18-12(14)16-8)17-11(19)10-7-3-1-2-6(7)5-15-10/h4,6-7,10,15H,1-3,5H2,(H,16,17,18,19). The van der Waals surface area contributed by atoms with Crippen LogP contribution in [-0.2, 0) is 4.79 Å². The molecule has 3 rings (SSSR count). The summed E-state index contributed by atoms with van der Waals surface area (Å²) in [4.78, 5) is 19.9. The molecule has 1 aromatic rings. The highest BCUT2D eigenvalue weighted by Gasteiger charge is 2.42. The van der Waals surface area contributed by atoms with Gasteiger partial charge in [-0.05, 0) is 42.8 Å². The Morgan fingerprint density at radius 1 is 1.37 bits per heavy atom. The lowest BCUT2D eigenvalue weighted by molar-refractivity contribution is -0.118. The van der Waals surface area contributed by atoms with E-state index in [4.69, 9.17) is 23.2 Å². The number of rotatable bonds is 2. The normalized spacial score (nSPS) is 29.3. The Balaban J connectivity index is 1.71. The lowest BCUT2D eigenvalue weighted by atomic mass is 9.94. The molecule has 2 heterocycles. The van der Waals surface area contributed by atoms with Gasteiger partial charge in [0.05, 0.1) is 6.04 Å². The number of halogens is 2. The van der Waals surface area contributed by atoms with E-state index < -0.39 is 0 Å². The van der Waals surface area contributed by atoms with Gasteiger partial charge in [0.2, 0.25) is 11.2 Å². The molecule has 1 aliphatic heterocycles. The van der Waals surface area contributed by atoms with Crippen molar-refractivity contribution in [2.24, 2.45) is 11.8 Å². The summed E-state index contributed by atoms with van der Waals surface area (Å²) in [7, 11) is 0. The molecule has 0 bridgehead atoms. The maximum absolute atomic E-state index is 12.3. The molecule has 2 aliphatic rings. The molecule has 1 saturated heterocycles. The molecule has 19 heavy (non-hydrogen) atoms. The maximum Gasteiger partial charge on any atom is 0.242 e. The Kier molecular flexibility index (Phi) is 3.60. The van der Waals surface area contributed by atoms with E-state index in [9.17, 15) is 4.79 Å². The molecule has 2 N–H and O–H groups in total. The van der Waals surface area contributed by atoms with Gasteiger partial charge in [-0.25, -0.2) is 9.97 Å². The number of carbonyl (C=O) groups excluding carboxylic acids is 1. The second kappa shape index (κ2) is 5.23. The average Bonchev–Trinajstić information content (AvgIpc) is 2.87. The summed E-state index contributed by atoms with van der Waals surface area (Å²) in [5.41, 5.74) is 0. The number of anilines is 1. The first-order valence-corrected chi connectivity index (χ1v) is 7.13. The van der Waals surface area contributed by atoms with E-state index in [-0.39, 0.29) is 22.4 Å². The van der Waals surface area contributed by atoms with Crippen molar-refractivity contribution in [2.45, 2.75) is 25.3 Å². The molecule has 3 unspecified atom stereocenters. The monoisotopic (exact) mass is 300 g/mol. The summed E-state index contributed by atoms with van der Waals surface area (Å²) < 4.78 is 0. The lowest BCUT2D eigenvalue weighted by Crippen LogP contribution is -2.39. The van der Waals surface area contributed by atoms with E-state index in [2.05, 4.69) is 20.6 Å². The summed E-state index contributed by atoms with van der Waals surface area (Å²) in [6.45, 7) is 0.925. The third-order valence-corrected chi connectivity index (χ3v) is 4.31. The fraction of sp³-hybridized carbons (Fsp3) is 0.583. The highest BCUT2D eigenvalue weighted by Crippen LogP contribution is 2.37. The van der Waals surface area contributed by atoms with E-state index in [0.717, 1.165) is 13.0 Å². The third-order valence-electron chi connectivity index (χ3n) is 3.95. The SMILES string of the molecule is O=C(Nc1cc(Cl)nc(Cl)n1)C1NCC2CCCC21. The molecular formula is C12H14Cl2N4O. The highest BCUT2D eigenvalue weighted by atomic mass is 35.5. The van der Waals surface area contributed by atoms with Gasteiger partial charge in [-0.2, -0.15) is 0 Å². The van der Waals surface area contributed by atoms with Crippen LogP contribution in [0.3, 0.4) is 0 Å². The van der Waals surface area contributed by atoms with Crippen LogP contribution in [0.15, 0.2) is 6.07 Å². The van der Waals surface area contributed by atoms with Crippen molar-refractivity contribution in [2.75, 3.05) is 11.9 Å². The molecule has 5 nitrogen and oxygen atoms in total. The van der Waals surface area contributed by atoms with Gasteiger partial charge < -0.3 is 10.6 Å². The highest BCUT2D eigenvalue weighted by molar-refractivity contribution is 6.32.